The number of nitrogens with two attached hydrogens (primary N) is 2. The number of carbonyl (C=O) groups is 1. The van der Waals surface area contributed by atoms with Crippen LogP contribution in [0.2, 0.25) is 0 Å². The number of primary amides is 1. The Kier molecular flexibility index (Phi) is 4.84. The fourth-order valence-electron chi connectivity index (χ4n) is 2.84. The molecule has 1 aliphatic rings. The van der Waals surface area contributed by atoms with Crippen LogP contribution < -0.4 is 11.5 Å². The maximum atomic E-state index is 11.1. The van der Waals surface area contributed by atoms with E-state index in [1.54, 1.807) is 4.68 Å². The molecule has 0 radical (unpaired) electrons. The first-order valence-electron chi connectivity index (χ1n) is 7.37. The van der Waals surface area contributed by atoms with E-state index in [4.69, 9.17) is 11.5 Å². The van der Waals surface area contributed by atoms with Crippen LogP contribution in [-0.2, 0) is 11.3 Å². The van der Waals surface area contributed by atoms with Crippen LogP contribution in [0.4, 0.5) is 5.69 Å². The van der Waals surface area contributed by atoms with Crippen molar-refractivity contribution in [3.05, 3.63) is 11.4 Å². The van der Waals surface area contributed by atoms with Crippen molar-refractivity contribution in [2.45, 2.75) is 39.3 Å². The van der Waals surface area contributed by atoms with Crippen molar-refractivity contribution in [2.75, 3.05) is 25.4 Å². The third kappa shape index (κ3) is 3.74. The average molecular weight is 295 g/mol. The Balaban J connectivity index is 1.84. The van der Waals surface area contributed by atoms with Gasteiger partial charge in [0, 0.05) is 12.5 Å². The number of rotatable bonds is 5. The molecule has 2 rings (SSSR count). The van der Waals surface area contributed by atoms with Gasteiger partial charge in [-0.2, -0.15) is 5.10 Å². The molecule has 1 aliphatic heterocycles. The molecule has 0 aromatic carbocycles. The summed E-state index contributed by atoms with van der Waals surface area (Å²) in [6, 6.07) is 0. The summed E-state index contributed by atoms with van der Waals surface area (Å²) < 4.78 is 1.76. The number of carbonyl (C=O) groups excluding carboxylic acids is 1. The minimum absolute atomic E-state index is 0.0193. The molecule has 1 fully saturated rings. The minimum Gasteiger partial charge on any atom is -0.396 e. The first kappa shape index (κ1) is 15.8. The average Bonchev–Trinajstić information content (AvgIpc) is 2.67. The Morgan fingerprint density at radius 3 is 2.48 bits per heavy atom. The zero-order chi connectivity index (χ0) is 15.6. The van der Waals surface area contributed by atoms with E-state index in [0.717, 1.165) is 37.3 Å². The minimum atomic E-state index is -0.507. The molecule has 7 nitrogen and oxygen atoms in total. The van der Waals surface area contributed by atoms with E-state index < -0.39 is 6.10 Å². The van der Waals surface area contributed by atoms with Gasteiger partial charge in [0.15, 0.2) is 0 Å². The molecule has 0 saturated carbocycles. The Morgan fingerprint density at radius 2 is 2.00 bits per heavy atom. The first-order chi connectivity index (χ1) is 9.88. The number of aryl methyl sites for hydroxylation is 1. The number of nitrogen functional groups attached to an aromatic ring is 1. The number of aliphatic hydroxyl groups is 1. The monoisotopic (exact) mass is 295 g/mol. The predicted molar refractivity (Wildman–Crippen MR) is 80.5 cm³/mol. The van der Waals surface area contributed by atoms with Gasteiger partial charge in [-0.15, -0.1) is 0 Å². The second-order valence-corrected chi connectivity index (χ2v) is 5.90. The summed E-state index contributed by atoms with van der Waals surface area (Å²) in [4.78, 5) is 13.3. The Morgan fingerprint density at radius 1 is 1.38 bits per heavy atom. The maximum Gasteiger partial charge on any atom is 0.220 e. The van der Waals surface area contributed by atoms with Gasteiger partial charge in [0.05, 0.1) is 29.7 Å². The van der Waals surface area contributed by atoms with Gasteiger partial charge in [-0.25, -0.2) is 0 Å². The number of amides is 1. The molecule has 1 amide bonds. The third-order valence-corrected chi connectivity index (χ3v) is 4.28. The zero-order valence-corrected chi connectivity index (χ0v) is 12.7. The summed E-state index contributed by atoms with van der Waals surface area (Å²) in [5.74, 6) is -0.234. The van der Waals surface area contributed by atoms with Crippen LogP contribution in [-0.4, -0.2) is 51.4 Å². The van der Waals surface area contributed by atoms with Gasteiger partial charge >= 0.3 is 0 Å². The summed E-state index contributed by atoms with van der Waals surface area (Å²) in [6.07, 6.45) is 1.04. The van der Waals surface area contributed by atoms with Crippen molar-refractivity contribution in [2.24, 2.45) is 11.7 Å². The third-order valence-electron chi connectivity index (χ3n) is 4.28. The van der Waals surface area contributed by atoms with E-state index >= 15 is 0 Å². The lowest BCUT2D eigenvalue weighted by atomic mass is 9.96. The second kappa shape index (κ2) is 6.44. The SMILES string of the molecule is Cc1nn(CC(O)CN2CCC(C(N)=O)CC2)c(C)c1N. The molecule has 0 spiro atoms. The summed E-state index contributed by atoms with van der Waals surface area (Å²) in [5, 5.41) is 14.5. The molecule has 5 N–H and O–H groups in total. The highest BCUT2D eigenvalue weighted by Crippen LogP contribution is 2.18. The molecular formula is C14H25N5O2. The number of piperidine rings is 1. The van der Waals surface area contributed by atoms with Crippen molar-refractivity contribution in [1.82, 2.24) is 14.7 Å². The van der Waals surface area contributed by atoms with Crippen LogP contribution in [0.25, 0.3) is 0 Å². The summed E-state index contributed by atoms with van der Waals surface area (Å²) in [5.41, 5.74) is 13.6. The van der Waals surface area contributed by atoms with Crippen molar-refractivity contribution >= 4 is 11.6 Å². The quantitative estimate of drug-likeness (QED) is 0.687. The molecule has 0 bridgehead atoms. The van der Waals surface area contributed by atoms with Gasteiger partial charge in [-0.3, -0.25) is 9.48 Å². The van der Waals surface area contributed by atoms with E-state index in [2.05, 4.69) is 10.00 Å². The van der Waals surface area contributed by atoms with Crippen LogP contribution in [0.5, 0.6) is 0 Å². The molecule has 2 heterocycles. The Labute approximate surface area is 124 Å². The van der Waals surface area contributed by atoms with Crippen molar-refractivity contribution in [3.63, 3.8) is 0 Å². The summed E-state index contributed by atoms with van der Waals surface area (Å²) in [6.45, 7) is 6.36. The molecule has 1 atom stereocenters. The molecule has 0 aliphatic carbocycles. The molecule has 118 valence electrons. The van der Waals surface area contributed by atoms with Crippen molar-refractivity contribution in [1.29, 1.82) is 0 Å². The lowest BCUT2D eigenvalue weighted by Crippen LogP contribution is -2.42. The van der Waals surface area contributed by atoms with Crippen molar-refractivity contribution in [3.8, 4) is 0 Å². The highest BCUT2D eigenvalue weighted by molar-refractivity contribution is 5.76. The van der Waals surface area contributed by atoms with Crippen LogP contribution in [0.3, 0.4) is 0 Å². The number of likely N-dealkylation sites (tertiary alicyclic amines) is 1. The smallest absolute Gasteiger partial charge is 0.220 e. The highest BCUT2D eigenvalue weighted by atomic mass is 16.3. The van der Waals surface area contributed by atoms with Gasteiger partial charge in [0.2, 0.25) is 5.91 Å². The predicted octanol–water partition coefficient (Wildman–Crippen LogP) is -0.360. The zero-order valence-electron chi connectivity index (χ0n) is 12.7. The number of nitrogens with zero attached hydrogens (tertiary/aromatic N) is 3. The lowest BCUT2D eigenvalue weighted by molar-refractivity contribution is -0.123. The van der Waals surface area contributed by atoms with Crippen molar-refractivity contribution < 1.29 is 9.90 Å². The molecule has 1 saturated heterocycles. The Hall–Kier alpha value is -1.60. The molecule has 7 heteroatoms. The molecular weight excluding hydrogens is 270 g/mol. The fraction of sp³-hybridized carbons (Fsp3) is 0.714. The first-order valence-corrected chi connectivity index (χ1v) is 7.37. The number of hydrogen-bond donors (Lipinski definition) is 3. The van der Waals surface area contributed by atoms with E-state index in [-0.39, 0.29) is 11.8 Å². The normalized spacial score (nSPS) is 18.8. The van der Waals surface area contributed by atoms with E-state index in [1.807, 2.05) is 13.8 Å². The van der Waals surface area contributed by atoms with Gasteiger partial charge in [0.1, 0.15) is 0 Å². The van der Waals surface area contributed by atoms with E-state index in [1.165, 1.54) is 0 Å². The Bertz CT molecular complexity index is 506. The van der Waals surface area contributed by atoms with Crippen LogP contribution in [0, 0.1) is 19.8 Å². The number of aromatic nitrogens is 2. The van der Waals surface area contributed by atoms with E-state index in [0.29, 0.717) is 18.8 Å². The molecule has 1 aromatic rings. The standard InChI is InChI=1S/C14H25N5O2/c1-9-13(15)10(2)19(17-9)8-12(20)7-18-5-3-11(4-6-18)14(16)21/h11-12,20H,3-8,15H2,1-2H3,(H2,16,21). The topological polar surface area (TPSA) is 110 Å². The van der Waals surface area contributed by atoms with Gasteiger partial charge in [-0.1, -0.05) is 0 Å². The van der Waals surface area contributed by atoms with Gasteiger partial charge in [0.25, 0.3) is 0 Å². The highest BCUT2D eigenvalue weighted by Gasteiger charge is 2.24. The summed E-state index contributed by atoms with van der Waals surface area (Å²) >= 11 is 0. The second-order valence-electron chi connectivity index (χ2n) is 5.90. The largest absolute Gasteiger partial charge is 0.396 e. The maximum absolute atomic E-state index is 11.1. The number of β-amino-alcohol motifs (C(OH)–C–C–N with tert-alkyl or cyclic N) is 1. The van der Waals surface area contributed by atoms with Gasteiger partial charge in [-0.05, 0) is 39.8 Å². The molecule has 1 aromatic heterocycles. The summed E-state index contributed by atoms with van der Waals surface area (Å²) in [7, 11) is 0. The van der Waals surface area contributed by atoms with E-state index in [9.17, 15) is 9.90 Å². The molecule has 1 unspecified atom stereocenters. The number of hydrogen-bond acceptors (Lipinski definition) is 5. The number of aliphatic hydroxyl groups excluding tert-OH is 1. The van der Waals surface area contributed by atoms with Crippen LogP contribution >= 0.6 is 0 Å². The lowest BCUT2D eigenvalue weighted by Gasteiger charge is -2.31. The van der Waals surface area contributed by atoms with Crippen LogP contribution in [0.1, 0.15) is 24.2 Å². The molecule has 21 heavy (non-hydrogen) atoms. The fourth-order valence-corrected chi connectivity index (χ4v) is 2.84. The van der Waals surface area contributed by atoms with Crippen LogP contribution in [0.15, 0.2) is 0 Å². The number of anilines is 1. The van der Waals surface area contributed by atoms with Gasteiger partial charge < -0.3 is 21.5 Å².